The van der Waals surface area contributed by atoms with Gasteiger partial charge in [0.15, 0.2) is 0 Å². The first-order chi connectivity index (χ1) is 8.78. The highest BCUT2D eigenvalue weighted by Gasteiger charge is 2.20. The van der Waals surface area contributed by atoms with E-state index in [2.05, 4.69) is 28.7 Å². The third kappa shape index (κ3) is 2.42. The van der Waals surface area contributed by atoms with E-state index < -0.39 is 0 Å². The van der Waals surface area contributed by atoms with E-state index in [9.17, 15) is 0 Å². The Hall–Kier alpha value is -0.220. The quantitative estimate of drug-likeness (QED) is 0.459. The van der Waals surface area contributed by atoms with Crippen LogP contribution < -0.4 is 0 Å². The molecule has 18 heavy (non-hydrogen) atoms. The lowest BCUT2D eigenvalue weighted by atomic mass is 9.87. The van der Waals surface area contributed by atoms with E-state index in [0.717, 1.165) is 26.2 Å². The van der Waals surface area contributed by atoms with Crippen molar-refractivity contribution in [1.29, 1.82) is 0 Å². The Balaban J connectivity index is 2.04. The van der Waals surface area contributed by atoms with Crippen molar-refractivity contribution in [1.82, 2.24) is 0 Å². The van der Waals surface area contributed by atoms with E-state index in [0.29, 0.717) is 5.92 Å². The average molecular weight is 375 g/mol. The van der Waals surface area contributed by atoms with Gasteiger partial charge in [-0.05, 0) is 31.0 Å². The second-order valence-corrected chi connectivity index (χ2v) is 6.30. The molecule has 0 N–H and O–H groups in total. The topological polar surface area (TPSA) is 13.1 Å². The van der Waals surface area contributed by atoms with Crippen LogP contribution in [-0.2, 0) is 4.43 Å². The van der Waals surface area contributed by atoms with Crippen molar-refractivity contribution >= 4 is 45.2 Å². The van der Waals surface area contributed by atoms with Crippen molar-refractivity contribution in [3.8, 4) is 0 Å². The smallest absolute Gasteiger partial charge is 0.138 e. The predicted octanol–water partition coefficient (Wildman–Crippen LogP) is 6.07. The molecule has 1 fully saturated rings. The van der Waals surface area contributed by atoms with Crippen molar-refractivity contribution in [2.75, 3.05) is 0 Å². The van der Waals surface area contributed by atoms with Gasteiger partial charge < -0.3 is 4.42 Å². The highest BCUT2D eigenvalue weighted by Crippen LogP contribution is 2.37. The summed E-state index contributed by atoms with van der Waals surface area (Å²) in [4.78, 5) is 0. The van der Waals surface area contributed by atoms with Gasteiger partial charge in [-0.15, -0.1) is 0 Å². The molecule has 1 aliphatic rings. The molecule has 0 spiro atoms. The Labute approximate surface area is 126 Å². The maximum Gasteiger partial charge on any atom is 0.138 e. The molecular formula is C15H16ClIO. The van der Waals surface area contributed by atoms with E-state index >= 15 is 0 Å². The Morgan fingerprint density at radius 1 is 1.17 bits per heavy atom. The molecule has 1 aliphatic carbocycles. The van der Waals surface area contributed by atoms with Crippen LogP contribution in [0.1, 0.15) is 49.3 Å². The standard InChI is InChI=1S/C15H16ClIO/c16-13-6-11-8-14(10-4-2-1-3-5-10)18-15(11)12(7-13)9-17/h6-8,10H,1-5,9H2. The number of hydrogen-bond acceptors (Lipinski definition) is 1. The monoisotopic (exact) mass is 374 g/mol. The van der Waals surface area contributed by atoms with E-state index in [1.54, 1.807) is 0 Å². The van der Waals surface area contributed by atoms with Crippen molar-refractivity contribution < 1.29 is 4.42 Å². The zero-order chi connectivity index (χ0) is 12.5. The lowest BCUT2D eigenvalue weighted by Crippen LogP contribution is -2.02. The summed E-state index contributed by atoms with van der Waals surface area (Å²) in [7, 11) is 0. The Bertz CT molecular complexity index is 555. The molecular weight excluding hydrogens is 359 g/mol. The molecule has 3 heteroatoms. The minimum atomic E-state index is 0.618. The SMILES string of the molecule is Clc1cc(CI)c2oc(C3CCCCC3)cc2c1. The maximum absolute atomic E-state index is 6.15. The van der Waals surface area contributed by atoms with Crippen molar-refractivity contribution in [2.24, 2.45) is 0 Å². The fourth-order valence-corrected chi connectivity index (χ4v) is 3.71. The van der Waals surface area contributed by atoms with Crippen molar-refractivity contribution in [3.05, 3.63) is 34.5 Å². The van der Waals surface area contributed by atoms with E-state index in [4.69, 9.17) is 16.0 Å². The van der Waals surface area contributed by atoms with Gasteiger partial charge in [0, 0.05) is 26.3 Å². The third-order valence-electron chi connectivity index (χ3n) is 3.83. The Morgan fingerprint density at radius 2 is 1.94 bits per heavy atom. The van der Waals surface area contributed by atoms with Gasteiger partial charge in [0.1, 0.15) is 11.3 Å². The van der Waals surface area contributed by atoms with Gasteiger partial charge in [-0.3, -0.25) is 0 Å². The summed E-state index contributed by atoms with van der Waals surface area (Å²) >= 11 is 8.52. The van der Waals surface area contributed by atoms with Crippen LogP contribution in [0.2, 0.25) is 5.02 Å². The van der Waals surface area contributed by atoms with E-state index in [1.165, 1.54) is 37.7 Å². The minimum absolute atomic E-state index is 0.618. The molecule has 0 atom stereocenters. The summed E-state index contributed by atoms with van der Waals surface area (Å²) in [5.74, 6) is 1.78. The van der Waals surface area contributed by atoms with Crippen molar-refractivity contribution in [2.45, 2.75) is 42.4 Å². The first-order valence-electron chi connectivity index (χ1n) is 6.56. The lowest BCUT2D eigenvalue weighted by molar-refractivity contribution is 0.385. The number of rotatable bonds is 2. The number of benzene rings is 1. The molecule has 0 saturated heterocycles. The van der Waals surface area contributed by atoms with Crippen molar-refractivity contribution in [3.63, 3.8) is 0 Å². The first-order valence-corrected chi connectivity index (χ1v) is 8.46. The molecule has 1 aromatic heterocycles. The Morgan fingerprint density at radius 3 is 2.67 bits per heavy atom. The molecule has 1 heterocycles. The molecule has 0 bridgehead atoms. The molecule has 0 amide bonds. The molecule has 96 valence electrons. The number of fused-ring (bicyclic) bond motifs is 1. The molecule has 1 saturated carbocycles. The van der Waals surface area contributed by atoms with Gasteiger partial charge in [0.25, 0.3) is 0 Å². The van der Waals surface area contributed by atoms with Crippen LogP contribution in [0.3, 0.4) is 0 Å². The molecule has 0 radical (unpaired) electrons. The maximum atomic E-state index is 6.15. The zero-order valence-corrected chi connectivity index (χ0v) is 13.1. The summed E-state index contributed by atoms with van der Waals surface area (Å²) in [5, 5.41) is 1.97. The second kappa shape index (κ2) is 5.41. The van der Waals surface area contributed by atoms with Crippen LogP contribution in [0, 0.1) is 0 Å². The number of furan rings is 1. The number of halogens is 2. The summed E-state index contributed by atoms with van der Waals surface area (Å²) in [6.45, 7) is 0. The van der Waals surface area contributed by atoms with Crippen LogP contribution in [0.5, 0.6) is 0 Å². The normalized spacial score (nSPS) is 17.4. The van der Waals surface area contributed by atoms with Crippen LogP contribution >= 0.6 is 34.2 Å². The van der Waals surface area contributed by atoms with Crippen LogP contribution in [-0.4, -0.2) is 0 Å². The molecule has 1 nitrogen and oxygen atoms in total. The number of hydrogen-bond donors (Lipinski definition) is 0. The first kappa shape index (κ1) is 12.8. The summed E-state index contributed by atoms with van der Waals surface area (Å²) in [5.41, 5.74) is 2.24. The Kier molecular flexibility index (Phi) is 3.85. The highest BCUT2D eigenvalue weighted by molar-refractivity contribution is 14.1. The molecule has 2 aromatic rings. The summed E-state index contributed by atoms with van der Waals surface area (Å²) in [6, 6.07) is 6.24. The van der Waals surface area contributed by atoms with Crippen LogP contribution in [0.15, 0.2) is 22.6 Å². The highest BCUT2D eigenvalue weighted by atomic mass is 127. The van der Waals surface area contributed by atoms with Gasteiger partial charge in [0.05, 0.1) is 0 Å². The predicted molar refractivity (Wildman–Crippen MR) is 84.8 cm³/mol. The summed E-state index contributed by atoms with van der Waals surface area (Å²) < 4.78 is 7.06. The van der Waals surface area contributed by atoms with Gasteiger partial charge >= 0.3 is 0 Å². The van der Waals surface area contributed by atoms with Gasteiger partial charge in [-0.1, -0.05) is 53.5 Å². The third-order valence-corrected chi connectivity index (χ3v) is 4.87. The van der Waals surface area contributed by atoms with Crippen LogP contribution in [0.4, 0.5) is 0 Å². The van der Waals surface area contributed by atoms with Gasteiger partial charge in [0.2, 0.25) is 0 Å². The molecule has 0 aliphatic heterocycles. The molecule has 3 rings (SSSR count). The largest absolute Gasteiger partial charge is 0.460 e. The minimum Gasteiger partial charge on any atom is -0.460 e. The zero-order valence-electron chi connectivity index (χ0n) is 10.2. The molecule has 0 unspecified atom stereocenters. The van der Waals surface area contributed by atoms with E-state index in [-0.39, 0.29) is 0 Å². The fourth-order valence-electron chi connectivity index (χ4n) is 2.89. The van der Waals surface area contributed by atoms with Crippen LogP contribution in [0.25, 0.3) is 11.0 Å². The van der Waals surface area contributed by atoms with Gasteiger partial charge in [-0.25, -0.2) is 0 Å². The van der Waals surface area contributed by atoms with Gasteiger partial charge in [-0.2, -0.15) is 0 Å². The summed E-state index contributed by atoms with van der Waals surface area (Å²) in [6.07, 6.45) is 6.59. The fraction of sp³-hybridized carbons (Fsp3) is 0.467. The molecule has 1 aromatic carbocycles. The second-order valence-electron chi connectivity index (χ2n) is 5.10. The lowest BCUT2D eigenvalue weighted by Gasteiger charge is -2.18. The van der Waals surface area contributed by atoms with E-state index in [1.807, 2.05) is 12.1 Å². The number of alkyl halides is 1. The average Bonchev–Trinajstić information content (AvgIpc) is 2.82.